The molecule has 0 unspecified atom stereocenters. The zero-order valence-electron chi connectivity index (χ0n) is 12.9. The van der Waals surface area contributed by atoms with E-state index >= 15 is 0 Å². The Hall–Kier alpha value is -2.41. The van der Waals surface area contributed by atoms with Crippen molar-refractivity contribution in [1.82, 2.24) is 4.98 Å². The summed E-state index contributed by atoms with van der Waals surface area (Å²) in [4.78, 5) is 27.6. The quantitative estimate of drug-likeness (QED) is 0.839. The summed E-state index contributed by atoms with van der Waals surface area (Å²) in [6.07, 6.45) is -0.0596. The molecule has 1 heterocycles. The van der Waals surface area contributed by atoms with Crippen molar-refractivity contribution in [2.24, 2.45) is 5.92 Å². The summed E-state index contributed by atoms with van der Waals surface area (Å²) in [6.45, 7) is 4.13. The van der Waals surface area contributed by atoms with Crippen molar-refractivity contribution in [3.05, 3.63) is 46.5 Å². The minimum atomic E-state index is -1.09. The highest BCUT2D eigenvalue weighted by Crippen LogP contribution is 2.26. The van der Waals surface area contributed by atoms with Crippen LogP contribution in [0.15, 0.2) is 30.3 Å². The van der Waals surface area contributed by atoms with E-state index in [1.165, 1.54) is 0 Å². The van der Waals surface area contributed by atoms with Gasteiger partial charge in [0.15, 0.2) is 10.8 Å². The Bertz CT molecular complexity index is 683. The summed E-state index contributed by atoms with van der Waals surface area (Å²) >= 11 is 1.16. The molecule has 0 fully saturated rings. The fourth-order valence-electron chi connectivity index (χ4n) is 1.93. The van der Waals surface area contributed by atoms with Gasteiger partial charge in [-0.2, -0.15) is 0 Å². The van der Waals surface area contributed by atoms with Crippen molar-refractivity contribution in [2.45, 2.75) is 26.9 Å². The highest BCUT2D eigenvalue weighted by Gasteiger charge is 2.19. The van der Waals surface area contributed by atoms with Crippen molar-refractivity contribution < 1.29 is 19.4 Å². The summed E-state index contributed by atoms with van der Waals surface area (Å²) in [7, 11) is 0. The maximum absolute atomic E-state index is 11.8. The van der Waals surface area contributed by atoms with Gasteiger partial charge in [0, 0.05) is 4.88 Å². The van der Waals surface area contributed by atoms with Gasteiger partial charge < -0.3 is 9.84 Å². The number of aromatic nitrogens is 1. The molecule has 0 saturated heterocycles. The Balaban J connectivity index is 1.99. The van der Waals surface area contributed by atoms with Crippen molar-refractivity contribution in [3.8, 4) is 0 Å². The van der Waals surface area contributed by atoms with E-state index in [1.807, 2.05) is 44.2 Å². The number of amides is 1. The third-order valence-electron chi connectivity index (χ3n) is 2.92. The van der Waals surface area contributed by atoms with Crippen LogP contribution in [0.2, 0.25) is 0 Å². The number of hydrogen-bond donors (Lipinski definition) is 2. The number of aromatic carboxylic acids is 1. The molecule has 2 rings (SSSR count). The molecule has 23 heavy (non-hydrogen) atoms. The van der Waals surface area contributed by atoms with Gasteiger partial charge in [0.25, 0.3) is 0 Å². The fourth-order valence-corrected chi connectivity index (χ4v) is 3.08. The maximum atomic E-state index is 11.8. The zero-order valence-corrected chi connectivity index (χ0v) is 13.7. The van der Waals surface area contributed by atoms with Crippen LogP contribution in [0.5, 0.6) is 0 Å². The molecule has 0 bridgehead atoms. The number of thiazole rings is 1. The van der Waals surface area contributed by atoms with Gasteiger partial charge in [0.1, 0.15) is 6.61 Å². The summed E-state index contributed by atoms with van der Waals surface area (Å²) in [5, 5.41) is 11.9. The summed E-state index contributed by atoms with van der Waals surface area (Å²) < 4.78 is 5.09. The first-order chi connectivity index (χ1) is 11.0. The van der Waals surface area contributed by atoms with Crippen LogP contribution in [-0.2, 0) is 17.8 Å². The van der Waals surface area contributed by atoms with Crippen LogP contribution in [0, 0.1) is 5.92 Å². The molecule has 0 saturated carbocycles. The highest BCUT2D eigenvalue weighted by atomic mass is 32.1. The number of carbonyl (C=O) groups is 2. The third kappa shape index (κ3) is 5.07. The second-order valence-electron chi connectivity index (χ2n) is 5.38. The van der Waals surface area contributed by atoms with Gasteiger partial charge in [-0.25, -0.2) is 14.6 Å². The normalized spacial score (nSPS) is 10.6. The molecular weight excluding hydrogens is 316 g/mol. The topological polar surface area (TPSA) is 88.5 Å². The molecule has 122 valence electrons. The smallest absolute Gasteiger partial charge is 0.413 e. The Kier molecular flexibility index (Phi) is 5.70. The van der Waals surface area contributed by atoms with Crippen LogP contribution in [0.25, 0.3) is 0 Å². The van der Waals surface area contributed by atoms with E-state index in [0.29, 0.717) is 17.2 Å². The minimum Gasteiger partial charge on any atom is -0.476 e. The molecule has 0 aliphatic rings. The number of carboxylic acids is 1. The molecule has 0 atom stereocenters. The van der Waals surface area contributed by atoms with Gasteiger partial charge in [-0.1, -0.05) is 44.2 Å². The predicted molar refractivity (Wildman–Crippen MR) is 87.9 cm³/mol. The Morgan fingerprint density at radius 1 is 1.30 bits per heavy atom. The lowest BCUT2D eigenvalue weighted by molar-refractivity contribution is 0.0690. The fraction of sp³-hybridized carbons (Fsp3) is 0.312. The molecule has 6 nitrogen and oxygen atoms in total. The number of ether oxygens (including phenoxy) is 1. The summed E-state index contributed by atoms with van der Waals surface area (Å²) in [6, 6.07) is 9.28. The largest absolute Gasteiger partial charge is 0.476 e. The third-order valence-corrected chi connectivity index (χ3v) is 3.91. The van der Waals surface area contributed by atoms with Gasteiger partial charge in [-0.15, -0.1) is 11.3 Å². The second-order valence-corrected chi connectivity index (χ2v) is 6.46. The molecule has 0 aliphatic carbocycles. The monoisotopic (exact) mass is 334 g/mol. The van der Waals surface area contributed by atoms with E-state index in [9.17, 15) is 14.7 Å². The Morgan fingerprint density at radius 3 is 2.61 bits per heavy atom. The van der Waals surface area contributed by atoms with E-state index in [1.54, 1.807) is 0 Å². The summed E-state index contributed by atoms with van der Waals surface area (Å²) in [5.74, 6) is -0.797. The number of hydrogen-bond acceptors (Lipinski definition) is 5. The number of anilines is 1. The molecule has 0 spiro atoms. The number of carboxylic acid groups (broad SMARTS) is 1. The van der Waals surface area contributed by atoms with Crippen LogP contribution in [0.4, 0.5) is 9.93 Å². The Morgan fingerprint density at radius 2 is 2.00 bits per heavy atom. The predicted octanol–water partition coefficient (Wildman–Crippen LogP) is 3.79. The van der Waals surface area contributed by atoms with Gasteiger partial charge in [0.2, 0.25) is 0 Å². The highest BCUT2D eigenvalue weighted by molar-refractivity contribution is 7.16. The van der Waals surface area contributed by atoms with Crippen LogP contribution in [0.3, 0.4) is 0 Å². The second kappa shape index (κ2) is 7.73. The molecule has 0 aliphatic heterocycles. The van der Waals surface area contributed by atoms with E-state index in [-0.39, 0.29) is 17.4 Å². The van der Waals surface area contributed by atoms with Gasteiger partial charge >= 0.3 is 12.1 Å². The van der Waals surface area contributed by atoms with E-state index in [4.69, 9.17) is 4.74 Å². The van der Waals surface area contributed by atoms with Crippen molar-refractivity contribution >= 4 is 28.5 Å². The minimum absolute atomic E-state index is 0.0120. The van der Waals surface area contributed by atoms with E-state index < -0.39 is 12.1 Å². The first-order valence-electron chi connectivity index (χ1n) is 7.16. The van der Waals surface area contributed by atoms with Gasteiger partial charge in [-0.05, 0) is 17.9 Å². The Labute approximate surface area is 138 Å². The van der Waals surface area contributed by atoms with E-state index in [0.717, 1.165) is 16.9 Å². The lowest BCUT2D eigenvalue weighted by atomic mass is 10.1. The average molecular weight is 334 g/mol. The number of nitrogens with one attached hydrogen (secondary N) is 1. The van der Waals surface area contributed by atoms with Crippen LogP contribution in [0.1, 0.15) is 34.8 Å². The molecule has 2 N–H and O–H groups in total. The lowest BCUT2D eigenvalue weighted by Gasteiger charge is -2.04. The summed E-state index contributed by atoms with van der Waals surface area (Å²) in [5.41, 5.74) is 0.857. The van der Waals surface area contributed by atoms with E-state index in [2.05, 4.69) is 10.3 Å². The SMILES string of the molecule is CC(C)Cc1sc(NC(=O)OCc2ccccc2)nc1C(=O)O. The van der Waals surface area contributed by atoms with Gasteiger partial charge in [0.05, 0.1) is 0 Å². The van der Waals surface area contributed by atoms with Crippen molar-refractivity contribution in [3.63, 3.8) is 0 Å². The molecular formula is C16H18N2O4S. The molecule has 2 aromatic rings. The number of benzene rings is 1. The first kappa shape index (κ1) is 17.0. The van der Waals surface area contributed by atoms with Crippen molar-refractivity contribution in [1.29, 1.82) is 0 Å². The molecule has 1 amide bonds. The first-order valence-corrected chi connectivity index (χ1v) is 7.98. The average Bonchev–Trinajstić information content (AvgIpc) is 2.88. The lowest BCUT2D eigenvalue weighted by Crippen LogP contribution is -2.13. The number of nitrogens with zero attached hydrogens (tertiary/aromatic N) is 1. The zero-order chi connectivity index (χ0) is 16.8. The van der Waals surface area contributed by atoms with Crippen LogP contribution >= 0.6 is 11.3 Å². The molecule has 1 aromatic carbocycles. The number of rotatable bonds is 6. The van der Waals surface area contributed by atoms with Crippen LogP contribution in [-0.4, -0.2) is 22.2 Å². The van der Waals surface area contributed by atoms with Crippen molar-refractivity contribution in [2.75, 3.05) is 5.32 Å². The molecule has 7 heteroatoms. The standard InChI is InChI=1S/C16H18N2O4S/c1-10(2)8-12-13(14(19)20)17-15(23-12)18-16(21)22-9-11-6-4-3-5-7-11/h3-7,10H,8-9H2,1-2H3,(H,19,20)(H,17,18,21). The molecule has 0 radical (unpaired) electrons. The maximum Gasteiger partial charge on any atom is 0.413 e. The molecule has 1 aromatic heterocycles. The van der Waals surface area contributed by atoms with Gasteiger partial charge in [-0.3, -0.25) is 5.32 Å². The van der Waals surface area contributed by atoms with Crippen LogP contribution < -0.4 is 5.32 Å². The number of carbonyl (C=O) groups excluding carboxylic acids is 1.